The topological polar surface area (TPSA) is 53.1 Å². The largest absolute Gasteiger partial charge is 0.497 e. The van der Waals surface area contributed by atoms with Crippen LogP contribution in [-0.2, 0) is 16.0 Å². The van der Waals surface area contributed by atoms with E-state index >= 15 is 0 Å². The van der Waals surface area contributed by atoms with E-state index in [0.717, 1.165) is 38.1 Å². The maximum absolute atomic E-state index is 13.6. The van der Waals surface area contributed by atoms with Crippen molar-refractivity contribution in [1.29, 1.82) is 0 Å². The molecule has 0 aromatic heterocycles. The maximum Gasteiger partial charge on any atom is 0.228 e. The van der Waals surface area contributed by atoms with E-state index in [1.54, 1.807) is 7.11 Å². The summed E-state index contributed by atoms with van der Waals surface area (Å²) in [4.78, 5) is 32.7. The van der Waals surface area contributed by atoms with E-state index in [1.807, 2.05) is 40.1 Å². The van der Waals surface area contributed by atoms with Crippen molar-refractivity contribution in [1.82, 2.24) is 14.7 Å². The Bertz CT molecular complexity index is 968. The van der Waals surface area contributed by atoms with Crippen LogP contribution in [0.5, 0.6) is 5.75 Å². The van der Waals surface area contributed by atoms with Crippen LogP contribution in [0.15, 0.2) is 54.6 Å². The fourth-order valence-corrected chi connectivity index (χ4v) is 5.14. The molecule has 0 saturated carbocycles. The summed E-state index contributed by atoms with van der Waals surface area (Å²) in [6, 6.07) is 18.5. The zero-order valence-corrected chi connectivity index (χ0v) is 20.7. The number of likely N-dealkylation sites (N-methyl/N-ethyl adjacent to an activating group) is 1. The number of piperazine rings is 1. The molecule has 2 aliphatic heterocycles. The lowest BCUT2D eigenvalue weighted by Gasteiger charge is -2.45. The molecule has 2 aromatic carbocycles. The molecule has 6 nitrogen and oxygen atoms in total. The molecule has 0 N–H and O–H groups in total. The van der Waals surface area contributed by atoms with Crippen molar-refractivity contribution in [3.8, 4) is 5.75 Å². The van der Waals surface area contributed by atoms with Crippen molar-refractivity contribution in [3.63, 3.8) is 0 Å². The van der Waals surface area contributed by atoms with Gasteiger partial charge < -0.3 is 14.5 Å². The van der Waals surface area contributed by atoms with Crippen molar-refractivity contribution in [2.45, 2.75) is 38.6 Å². The number of nitrogens with zero attached hydrogens (tertiary/aromatic N) is 3. The molecule has 2 fully saturated rings. The van der Waals surface area contributed by atoms with E-state index < -0.39 is 5.41 Å². The SMILES string of the molecule is COc1ccc([C@@H]2CN(C(=O)C3(C)CCN(C(=O)CCc4ccccc4)CC3)CCN2C)cc1. The molecule has 0 spiro atoms. The van der Waals surface area contributed by atoms with E-state index in [0.29, 0.717) is 26.1 Å². The van der Waals surface area contributed by atoms with Gasteiger partial charge in [-0.05, 0) is 49.6 Å². The second kappa shape index (κ2) is 10.6. The lowest BCUT2D eigenvalue weighted by Crippen LogP contribution is -2.55. The molecule has 4 rings (SSSR count). The third-order valence-electron chi connectivity index (χ3n) is 7.64. The Hall–Kier alpha value is -2.86. The first kappa shape index (κ1) is 24.3. The fraction of sp³-hybridized carbons (Fsp3) is 0.500. The highest BCUT2D eigenvalue weighted by Crippen LogP contribution is 2.35. The van der Waals surface area contributed by atoms with Crippen LogP contribution < -0.4 is 4.74 Å². The van der Waals surface area contributed by atoms with Crippen LogP contribution in [-0.4, -0.2) is 73.4 Å². The van der Waals surface area contributed by atoms with Gasteiger partial charge in [-0.25, -0.2) is 0 Å². The summed E-state index contributed by atoms with van der Waals surface area (Å²) in [5.74, 6) is 1.26. The van der Waals surface area contributed by atoms with Gasteiger partial charge in [0.05, 0.1) is 13.2 Å². The summed E-state index contributed by atoms with van der Waals surface area (Å²) >= 11 is 0. The minimum absolute atomic E-state index is 0.173. The van der Waals surface area contributed by atoms with E-state index in [9.17, 15) is 9.59 Å². The van der Waals surface area contributed by atoms with Gasteiger partial charge in [0.25, 0.3) is 0 Å². The number of benzene rings is 2. The third-order valence-corrected chi connectivity index (χ3v) is 7.64. The number of likely N-dealkylation sites (tertiary alicyclic amines) is 1. The number of amides is 2. The first-order chi connectivity index (χ1) is 16.4. The van der Waals surface area contributed by atoms with Crippen molar-refractivity contribution < 1.29 is 14.3 Å². The van der Waals surface area contributed by atoms with Crippen LogP contribution in [0.4, 0.5) is 0 Å². The van der Waals surface area contributed by atoms with E-state index in [1.165, 1.54) is 11.1 Å². The summed E-state index contributed by atoms with van der Waals surface area (Å²) in [6.07, 6.45) is 2.74. The number of aryl methyl sites for hydroxylation is 1. The van der Waals surface area contributed by atoms with Gasteiger partial charge in [-0.15, -0.1) is 0 Å². The van der Waals surface area contributed by atoms with E-state index in [-0.39, 0.29) is 17.9 Å². The molecule has 182 valence electrons. The molecule has 2 saturated heterocycles. The summed E-state index contributed by atoms with van der Waals surface area (Å²) in [7, 11) is 3.79. The van der Waals surface area contributed by atoms with Gasteiger partial charge in [-0.3, -0.25) is 14.5 Å². The molecule has 2 amide bonds. The lowest BCUT2D eigenvalue weighted by atomic mass is 9.78. The van der Waals surface area contributed by atoms with Gasteiger partial charge in [-0.2, -0.15) is 0 Å². The first-order valence-corrected chi connectivity index (χ1v) is 12.3. The number of carbonyl (C=O) groups is 2. The quantitative estimate of drug-likeness (QED) is 0.654. The molecule has 2 heterocycles. The minimum Gasteiger partial charge on any atom is -0.497 e. The molecular formula is C28H37N3O3. The normalized spacial score (nSPS) is 20.7. The highest BCUT2D eigenvalue weighted by Gasteiger charge is 2.42. The second-order valence-corrected chi connectivity index (χ2v) is 9.95. The van der Waals surface area contributed by atoms with Gasteiger partial charge in [0, 0.05) is 44.6 Å². The Labute approximate surface area is 203 Å². The standard InChI is InChI=1S/C28H37N3O3/c1-28(15-17-30(18-16-28)26(32)14-9-22-7-5-4-6-8-22)27(33)31-20-19-29(2)25(21-31)23-10-12-24(34-3)13-11-23/h4-8,10-13,25H,9,14-21H2,1-3H3/t25-/m0/s1. The van der Waals surface area contributed by atoms with Crippen LogP contribution in [0.3, 0.4) is 0 Å². The molecule has 2 aromatic rings. The fourth-order valence-electron chi connectivity index (χ4n) is 5.14. The molecule has 6 heteroatoms. The molecule has 2 aliphatic rings. The van der Waals surface area contributed by atoms with Crippen molar-refractivity contribution in [2.24, 2.45) is 5.41 Å². The first-order valence-electron chi connectivity index (χ1n) is 12.3. The molecule has 34 heavy (non-hydrogen) atoms. The highest BCUT2D eigenvalue weighted by molar-refractivity contribution is 5.83. The van der Waals surface area contributed by atoms with Crippen LogP contribution in [0.2, 0.25) is 0 Å². The highest BCUT2D eigenvalue weighted by atomic mass is 16.5. The zero-order chi connectivity index (χ0) is 24.1. The summed E-state index contributed by atoms with van der Waals surface area (Å²) in [5, 5.41) is 0. The molecule has 0 aliphatic carbocycles. The Morgan fingerprint density at radius 3 is 2.26 bits per heavy atom. The van der Waals surface area contributed by atoms with Gasteiger partial charge in [-0.1, -0.05) is 49.4 Å². The van der Waals surface area contributed by atoms with Gasteiger partial charge in [0.15, 0.2) is 0 Å². The Morgan fingerprint density at radius 2 is 1.62 bits per heavy atom. The lowest BCUT2D eigenvalue weighted by molar-refractivity contribution is -0.149. The third kappa shape index (κ3) is 5.44. The number of carbonyl (C=O) groups excluding carboxylic acids is 2. The van der Waals surface area contributed by atoms with Crippen LogP contribution >= 0.6 is 0 Å². The number of ether oxygens (including phenoxy) is 1. The number of hydrogen-bond donors (Lipinski definition) is 0. The van der Waals surface area contributed by atoms with E-state index in [4.69, 9.17) is 4.74 Å². The van der Waals surface area contributed by atoms with Crippen LogP contribution in [0, 0.1) is 5.41 Å². The van der Waals surface area contributed by atoms with Gasteiger partial charge in [0.2, 0.25) is 11.8 Å². The molecule has 0 bridgehead atoms. The van der Waals surface area contributed by atoms with Crippen molar-refractivity contribution >= 4 is 11.8 Å². The number of piperidine rings is 1. The maximum atomic E-state index is 13.6. The summed E-state index contributed by atoms with van der Waals surface area (Å²) in [5.41, 5.74) is 1.98. The number of methoxy groups -OCH3 is 1. The number of hydrogen-bond acceptors (Lipinski definition) is 4. The van der Waals surface area contributed by atoms with Gasteiger partial charge >= 0.3 is 0 Å². The van der Waals surface area contributed by atoms with Crippen LogP contribution in [0.1, 0.15) is 43.4 Å². The summed E-state index contributed by atoms with van der Waals surface area (Å²) < 4.78 is 5.29. The smallest absolute Gasteiger partial charge is 0.228 e. The predicted molar refractivity (Wildman–Crippen MR) is 134 cm³/mol. The van der Waals surface area contributed by atoms with Crippen LogP contribution in [0.25, 0.3) is 0 Å². The molecular weight excluding hydrogens is 426 g/mol. The summed E-state index contributed by atoms with van der Waals surface area (Å²) in [6.45, 7) is 5.69. The second-order valence-electron chi connectivity index (χ2n) is 9.95. The predicted octanol–water partition coefficient (Wildman–Crippen LogP) is 3.77. The monoisotopic (exact) mass is 463 g/mol. The minimum atomic E-state index is -0.406. The average Bonchev–Trinajstić information content (AvgIpc) is 2.88. The Morgan fingerprint density at radius 1 is 0.941 bits per heavy atom. The Balaban J connectivity index is 1.33. The van der Waals surface area contributed by atoms with Crippen molar-refractivity contribution in [3.05, 3.63) is 65.7 Å². The molecule has 0 unspecified atom stereocenters. The van der Waals surface area contributed by atoms with Gasteiger partial charge in [0.1, 0.15) is 5.75 Å². The number of rotatable bonds is 6. The Kier molecular flexibility index (Phi) is 7.57. The average molecular weight is 464 g/mol. The molecule has 1 atom stereocenters. The van der Waals surface area contributed by atoms with E-state index in [2.05, 4.69) is 43.1 Å². The molecule has 0 radical (unpaired) electrons. The van der Waals surface area contributed by atoms with Crippen molar-refractivity contribution in [2.75, 3.05) is 46.9 Å². The zero-order valence-electron chi connectivity index (χ0n) is 20.7.